The van der Waals surface area contributed by atoms with Gasteiger partial charge in [-0.25, -0.2) is 4.98 Å². The summed E-state index contributed by atoms with van der Waals surface area (Å²) in [5.41, 5.74) is 4.92. The zero-order valence-electron chi connectivity index (χ0n) is 19.9. The number of amides is 1. The number of aromatic hydroxyl groups is 1. The van der Waals surface area contributed by atoms with Crippen LogP contribution in [0, 0.1) is 12.8 Å². The smallest absolute Gasteiger partial charge is 0.296 e. The van der Waals surface area contributed by atoms with Gasteiger partial charge in [-0.3, -0.25) is 4.79 Å². The van der Waals surface area contributed by atoms with Gasteiger partial charge in [-0.05, 0) is 37.1 Å². The second kappa shape index (κ2) is 9.14. The monoisotopic (exact) mass is 462 g/mol. The number of aromatic nitrogens is 2. The van der Waals surface area contributed by atoms with E-state index in [1.54, 1.807) is 6.07 Å². The molecule has 0 radical (unpaired) electrons. The number of pyridine rings is 1. The molecule has 6 nitrogen and oxygen atoms in total. The lowest BCUT2D eigenvalue weighted by Gasteiger charge is -2.09. The van der Waals surface area contributed by atoms with Crippen molar-refractivity contribution in [3.05, 3.63) is 90.0 Å². The maximum Gasteiger partial charge on any atom is 0.296 e. The van der Waals surface area contributed by atoms with Gasteiger partial charge in [0.1, 0.15) is 0 Å². The lowest BCUT2D eigenvalue weighted by Crippen LogP contribution is -2.03. The Hall–Kier alpha value is -4.32. The lowest BCUT2D eigenvalue weighted by atomic mass is 10.0. The molecular weight excluding hydrogens is 436 g/mol. The van der Waals surface area contributed by atoms with Crippen LogP contribution in [-0.4, -0.2) is 20.6 Å². The van der Waals surface area contributed by atoms with Crippen molar-refractivity contribution in [2.75, 3.05) is 0 Å². The van der Waals surface area contributed by atoms with Gasteiger partial charge >= 0.3 is 0 Å². The summed E-state index contributed by atoms with van der Waals surface area (Å²) in [6.07, 6.45) is 0. The van der Waals surface area contributed by atoms with E-state index in [2.05, 4.69) is 24.1 Å². The first-order valence-corrected chi connectivity index (χ1v) is 11.7. The summed E-state index contributed by atoms with van der Waals surface area (Å²) >= 11 is 0. The molecule has 0 aliphatic rings. The number of azo groups is 1. The van der Waals surface area contributed by atoms with Gasteiger partial charge in [0.05, 0.1) is 22.3 Å². The molecule has 6 heteroatoms. The Kier molecular flexibility index (Phi) is 5.87. The molecule has 0 atom stereocenters. The third kappa shape index (κ3) is 4.30. The molecule has 1 amide bonds. The summed E-state index contributed by atoms with van der Waals surface area (Å²) in [5.74, 6) is -0.150. The maximum absolute atomic E-state index is 13.4. The quantitative estimate of drug-likeness (QED) is 0.275. The van der Waals surface area contributed by atoms with Crippen LogP contribution in [0.4, 0.5) is 5.69 Å². The molecule has 0 fully saturated rings. The van der Waals surface area contributed by atoms with E-state index in [9.17, 15) is 9.90 Å². The Balaban J connectivity index is 1.61. The zero-order chi connectivity index (χ0) is 24.5. The summed E-state index contributed by atoms with van der Waals surface area (Å²) in [7, 11) is 0. The van der Waals surface area contributed by atoms with Gasteiger partial charge in [0.15, 0.2) is 5.69 Å². The largest absolute Gasteiger partial charge is 0.493 e. The number of fused-ring (bicyclic) bond motifs is 2. The van der Waals surface area contributed by atoms with Gasteiger partial charge in [-0.1, -0.05) is 74.0 Å². The van der Waals surface area contributed by atoms with E-state index in [1.165, 1.54) is 0 Å². The second-order valence-corrected chi connectivity index (χ2v) is 9.14. The van der Waals surface area contributed by atoms with E-state index in [1.807, 2.05) is 84.3 Å². The molecule has 1 N–H and O–H groups in total. The first-order valence-electron chi connectivity index (χ1n) is 11.7. The van der Waals surface area contributed by atoms with Gasteiger partial charge < -0.3 is 9.67 Å². The molecule has 35 heavy (non-hydrogen) atoms. The van der Waals surface area contributed by atoms with Gasteiger partial charge in [0.25, 0.3) is 5.91 Å². The van der Waals surface area contributed by atoms with Crippen molar-refractivity contribution < 1.29 is 9.90 Å². The highest BCUT2D eigenvalue weighted by Gasteiger charge is 2.19. The molecule has 0 saturated heterocycles. The van der Waals surface area contributed by atoms with Crippen LogP contribution in [0.2, 0.25) is 0 Å². The molecule has 2 aromatic heterocycles. The average molecular weight is 463 g/mol. The molecule has 0 aliphatic heterocycles. The fourth-order valence-corrected chi connectivity index (χ4v) is 4.34. The Bertz CT molecular complexity index is 1580. The predicted molar refractivity (Wildman–Crippen MR) is 139 cm³/mol. The van der Waals surface area contributed by atoms with Crippen molar-refractivity contribution >= 4 is 33.4 Å². The van der Waals surface area contributed by atoms with Crippen LogP contribution in [0.25, 0.3) is 33.1 Å². The summed E-state index contributed by atoms with van der Waals surface area (Å²) in [6.45, 7) is 6.77. The highest BCUT2D eigenvalue weighted by Crippen LogP contribution is 2.39. The molecule has 3 aromatic carbocycles. The van der Waals surface area contributed by atoms with Gasteiger partial charge in [-0.2, -0.15) is 0 Å². The molecule has 2 heterocycles. The minimum Gasteiger partial charge on any atom is -0.493 e. The van der Waals surface area contributed by atoms with Crippen LogP contribution in [-0.2, 0) is 6.54 Å². The predicted octanol–water partition coefficient (Wildman–Crippen LogP) is 7.45. The maximum atomic E-state index is 13.4. The molecule has 174 valence electrons. The SMILES string of the molecule is Cc1ccc2nc(-c3ccccc3)cc(C(=O)N=Nc3c(O)n(CC(C)C)c4ccccc34)c2c1. The fourth-order valence-electron chi connectivity index (χ4n) is 4.34. The summed E-state index contributed by atoms with van der Waals surface area (Å²) in [4.78, 5) is 18.1. The fraction of sp³-hybridized carbons (Fsp3) is 0.172. The summed E-state index contributed by atoms with van der Waals surface area (Å²) in [5, 5.41) is 20.7. The number of hydrogen-bond donors (Lipinski definition) is 1. The van der Waals surface area contributed by atoms with Crippen molar-refractivity contribution in [3.63, 3.8) is 0 Å². The van der Waals surface area contributed by atoms with E-state index in [0.29, 0.717) is 34.9 Å². The molecule has 0 bridgehead atoms. The van der Waals surface area contributed by atoms with E-state index >= 15 is 0 Å². The highest BCUT2D eigenvalue weighted by atomic mass is 16.3. The highest BCUT2D eigenvalue weighted by molar-refractivity contribution is 6.08. The molecule has 5 rings (SSSR count). The van der Waals surface area contributed by atoms with E-state index < -0.39 is 5.91 Å². The van der Waals surface area contributed by atoms with Crippen LogP contribution in [0.15, 0.2) is 89.1 Å². The lowest BCUT2D eigenvalue weighted by molar-refractivity contribution is 0.0996. The Morgan fingerprint density at radius 3 is 2.49 bits per heavy atom. The van der Waals surface area contributed by atoms with E-state index in [4.69, 9.17) is 4.98 Å². The third-order valence-corrected chi connectivity index (χ3v) is 5.97. The van der Waals surface area contributed by atoms with Crippen LogP contribution in [0.1, 0.15) is 29.8 Å². The number of rotatable bonds is 5. The molecule has 5 aromatic rings. The van der Waals surface area contributed by atoms with Crippen molar-refractivity contribution in [3.8, 4) is 17.1 Å². The molecular formula is C29H26N4O2. The zero-order valence-corrected chi connectivity index (χ0v) is 19.9. The minimum atomic E-state index is -0.486. The second-order valence-electron chi connectivity index (χ2n) is 9.14. The number of aryl methyl sites for hydroxylation is 1. The van der Waals surface area contributed by atoms with Crippen LogP contribution >= 0.6 is 0 Å². The van der Waals surface area contributed by atoms with Crippen LogP contribution in [0.3, 0.4) is 0 Å². The number of nitrogens with zero attached hydrogens (tertiary/aromatic N) is 4. The van der Waals surface area contributed by atoms with Gasteiger partial charge in [-0.15, -0.1) is 10.2 Å². The first-order chi connectivity index (χ1) is 16.9. The third-order valence-electron chi connectivity index (χ3n) is 5.97. The summed E-state index contributed by atoms with van der Waals surface area (Å²) < 4.78 is 1.82. The van der Waals surface area contributed by atoms with Crippen molar-refractivity contribution in [2.24, 2.45) is 16.1 Å². The number of carbonyl (C=O) groups excluding carboxylic acids is 1. The van der Waals surface area contributed by atoms with Crippen LogP contribution < -0.4 is 0 Å². The normalized spacial score (nSPS) is 11.8. The summed E-state index contributed by atoms with van der Waals surface area (Å²) in [6, 6.07) is 24.9. The number of para-hydroxylation sites is 1. The average Bonchev–Trinajstić information content (AvgIpc) is 3.12. The Morgan fingerprint density at radius 1 is 0.971 bits per heavy atom. The van der Waals surface area contributed by atoms with Gasteiger partial charge in [0, 0.05) is 22.9 Å². The Labute approximate surface area is 203 Å². The van der Waals surface area contributed by atoms with Gasteiger partial charge in [0.2, 0.25) is 5.88 Å². The Morgan fingerprint density at radius 2 is 1.71 bits per heavy atom. The minimum absolute atomic E-state index is 0.0110. The molecule has 0 aliphatic carbocycles. The standard InChI is InChI=1S/C29H26N4O2/c1-18(2)17-33-26-12-8-7-11-21(26)27(29(33)35)31-32-28(34)23-16-25(20-9-5-4-6-10-20)30-24-14-13-19(3)15-22(23)24/h4-16,18,35H,17H2,1-3H3. The number of benzene rings is 3. The number of hydrogen-bond acceptors (Lipinski definition) is 4. The van der Waals surface area contributed by atoms with Crippen molar-refractivity contribution in [2.45, 2.75) is 27.3 Å². The van der Waals surface area contributed by atoms with Crippen molar-refractivity contribution in [1.29, 1.82) is 0 Å². The topological polar surface area (TPSA) is 79.8 Å². The van der Waals surface area contributed by atoms with E-state index in [-0.39, 0.29) is 5.88 Å². The molecule has 0 unspecified atom stereocenters. The van der Waals surface area contributed by atoms with Crippen molar-refractivity contribution in [1.82, 2.24) is 9.55 Å². The first kappa shape index (κ1) is 22.5. The number of carbonyl (C=O) groups is 1. The van der Waals surface area contributed by atoms with E-state index in [0.717, 1.165) is 27.4 Å². The molecule has 0 spiro atoms. The molecule has 0 saturated carbocycles. The van der Waals surface area contributed by atoms with Crippen LogP contribution in [0.5, 0.6) is 5.88 Å².